The average molecular weight is 218 g/mol. The van der Waals surface area contributed by atoms with Gasteiger partial charge in [-0.05, 0) is 31.2 Å². The molecule has 1 aromatic heterocycles. The second-order valence-corrected chi connectivity index (χ2v) is 3.63. The Hall–Kier alpha value is -1.97. The minimum atomic E-state index is 0.229. The Morgan fingerprint density at radius 3 is 2.31 bits per heavy atom. The van der Waals surface area contributed by atoms with Crippen molar-refractivity contribution in [3.8, 4) is 22.8 Å². The highest BCUT2D eigenvalue weighted by molar-refractivity contribution is 5.67. The Morgan fingerprint density at radius 1 is 1.25 bits per heavy atom. The zero-order valence-electron chi connectivity index (χ0n) is 9.56. The van der Waals surface area contributed by atoms with E-state index in [4.69, 9.17) is 4.74 Å². The molecular weight excluding hydrogens is 204 g/mol. The second-order valence-electron chi connectivity index (χ2n) is 3.63. The van der Waals surface area contributed by atoms with Crippen molar-refractivity contribution in [3.05, 3.63) is 30.0 Å². The van der Waals surface area contributed by atoms with Crippen LogP contribution in [0.3, 0.4) is 0 Å². The first kappa shape index (κ1) is 10.5. The van der Waals surface area contributed by atoms with Crippen LogP contribution in [0.15, 0.2) is 24.3 Å². The quantitative estimate of drug-likeness (QED) is 0.839. The Bertz CT molecular complexity index is 500. The maximum absolute atomic E-state index is 9.88. The fourth-order valence-corrected chi connectivity index (χ4v) is 1.54. The number of rotatable bonds is 2. The minimum absolute atomic E-state index is 0.229. The first-order valence-electron chi connectivity index (χ1n) is 5.00. The third kappa shape index (κ3) is 1.62. The number of benzene rings is 1. The highest BCUT2D eigenvalue weighted by atomic mass is 16.5. The van der Waals surface area contributed by atoms with Crippen LogP contribution in [0.5, 0.6) is 11.5 Å². The van der Waals surface area contributed by atoms with Crippen LogP contribution < -0.4 is 4.74 Å². The van der Waals surface area contributed by atoms with Gasteiger partial charge in [0.05, 0.1) is 12.8 Å². The molecule has 0 aliphatic rings. The Balaban J connectivity index is 2.46. The molecule has 0 spiro atoms. The number of hydrogen-bond donors (Lipinski definition) is 1. The number of ether oxygens (including phenoxy) is 1. The third-order valence-electron chi connectivity index (χ3n) is 2.67. The molecule has 0 fully saturated rings. The highest BCUT2D eigenvalue weighted by Gasteiger charge is 2.13. The lowest BCUT2D eigenvalue weighted by atomic mass is 10.1. The summed E-state index contributed by atoms with van der Waals surface area (Å²) in [4.78, 5) is 0. The molecule has 0 saturated carbocycles. The molecule has 4 heteroatoms. The van der Waals surface area contributed by atoms with Crippen LogP contribution in [0.1, 0.15) is 5.69 Å². The summed E-state index contributed by atoms with van der Waals surface area (Å²) >= 11 is 0. The number of nitrogens with zero attached hydrogens (tertiary/aromatic N) is 2. The third-order valence-corrected chi connectivity index (χ3v) is 2.67. The molecule has 0 unspecified atom stereocenters. The summed E-state index contributed by atoms with van der Waals surface area (Å²) in [6.45, 7) is 1.83. The first-order valence-corrected chi connectivity index (χ1v) is 5.00. The smallest absolute Gasteiger partial charge is 0.164 e. The molecule has 0 aliphatic carbocycles. The molecule has 84 valence electrons. The lowest BCUT2D eigenvalue weighted by Crippen LogP contribution is -1.92. The second kappa shape index (κ2) is 3.89. The van der Waals surface area contributed by atoms with Crippen LogP contribution in [0.25, 0.3) is 11.3 Å². The lowest BCUT2D eigenvalue weighted by molar-refractivity contribution is 0.415. The average Bonchev–Trinajstić information content (AvgIpc) is 2.57. The monoisotopic (exact) mass is 218 g/mol. The number of aromatic nitrogens is 2. The van der Waals surface area contributed by atoms with Crippen LogP contribution in [-0.4, -0.2) is 22.0 Å². The van der Waals surface area contributed by atoms with Crippen molar-refractivity contribution in [3.63, 3.8) is 0 Å². The molecule has 0 radical (unpaired) electrons. The molecule has 0 aliphatic heterocycles. The summed E-state index contributed by atoms with van der Waals surface area (Å²) in [6.07, 6.45) is 0. The van der Waals surface area contributed by atoms with E-state index in [-0.39, 0.29) is 5.75 Å². The topological polar surface area (TPSA) is 47.3 Å². The standard InChI is InChI=1S/C12H14N2O2/c1-8-12(15)11(13-14(8)2)9-4-6-10(16-3)7-5-9/h4-7,15H,1-3H3. The molecule has 0 atom stereocenters. The summed E-state index contributed by atoms with van der Waals surface area (Å²) in [5.41, 5.74) is 2.23. The summed E-state index contributed by atoms with van der Waals surface area (Å²) in [6, 6.07) is 7.44. The summed E-state index contributed by atoms with van der Waals surface area (Å²) < 4.78 is 6.74. The predicted molar refractivity (Wildman–Crippen MR) is 61.6 cm³/mol. The van der Waals surface area contributed by atoms with Gasteiger partial charge < -0.3 is 9.84 Å². The van der Waals surface area contributed by atoms with Gasteiger partial charge in [-0.1, -0.05) is 0 Å². The molecule has 1 aromatic carbocycles. The summed E-state index contributed by atoms with van der Waals surface area (Å²) in [5, 5.41) is 14.1. The first-order chi connectivity index (χ1) is 7.63. The van der Waals surface area contributed by atoms with Crippen LogP contribution >= 0.6 is 0 Å². The van der Waals surface area contributed by atoms with Crippen molar-refractivity contribution in [1.82, 2.24) is 9.78 Å². The number of methoxy groups -OCH3 is 1. The van der Waals surface area contributed by atoms with Crippen molar-refractivity contribution in [2.45, 2.75) is 6.92 Å². The van der Waals surface area contributed by atoms with Gasteiger partial charge in [0, 0.05) is 12.6 Å². The van der Waals surface area contributed by atoms with E-state index < -0.39 is 0 Å². The van der Waals surface area contributed by atoms with E-state index in [1.54, 1.807) is 11.8 Å². The Morgan fingerprint density at radius 2 is 1.88 bits per heavy atom. The minimum Gasteiger partial charge on any atom is -0.504 e. The predicted octanol–water partition coefficient (Wildman–Crippen LogP) is 2.11. The van der Waals surface area contributed by atoms with Gasteiger partial charge in [-0.25, -0.2) is 0 Å². The number of hydrogen-bond acceptors (Lipinski definition) is 3. The van der Waals surface area contributed by atoms with Gasteiger partial charge in [-0.15, -0.1) is 0 Å². The normalized spacial score (nSPS) is 10.4. The van der Waals surface area contributed by atoms with E-state index in [1.165, 1.54) is 0 Å². The fraction of sp³-hybridized carbons (Fsp3) is 0.250. The van der Waals surface area contributed by atoms with E-state index in [9.17, 15) is 5.11 Å². The van der Waals surface area contributed by atoms with Gasteiger partial charge in [-0.3, -0.25) is 4.68 Å². The molecular formula is C12H14N2O2. The zero-order valence-corrected chi connectivity index (χ0v) is 9.56. The van der Waals surface area contributed by atoms with E-state index in [2.05, 4.69) is 5.10 Å². The van der Waals surface area contributed by atoms with Crippen molar-refractivity contribution in [2.24, 2.45) is 7.05 Å². The maximum Gasteiger partial charge on any atom is 0.164 e. The van der Waals surface area contributed by atoms with Gasteiger partial charge in [0.15, 0.2) is 5.75 Å². The Labute approximate surface area is 94.1 Å². The lowest BCUT2D eigenvalue weighted by Gasteiger charge is -2.01. The number of aromatic hydroxyl groups is 1. The molecule has 2 aromatic rings. The van der Waals surface area contributed by atoms with Crippen LogP contribution in [0.2, 0.25) is 0 Å². The SMILES string of the molecule is COc1ccc(-c2nn(C)c(C)c2O)cc1. The molecule has 4 nitrogen and oxygen atoms in total. The summed E-state index contributed by atoms with van der Waals surface area (Å²) in [7, 11) is 3.43. The molecule has 0 bridgehead atoms. The van der Waals surface area contributed by atoms with Crippen LogP contribution in [0.4, 0.5) is 0 Å². The van der Waals surface area contributed by atoms with Crippen molar-refractivity contribution >= 4 is 0 Å². The van der Waals surface area contributed by atoms with E-state index >= 15 is 0 Å². The largest absolute Gasteiger partial charge is 0.504 e. The highest BCUT2D eigenvalue weighted by Crippen LogP contribution is 2.31. The number of aryl methyl sites for hydroxylation is 1. The molecule has 16 heavy (non-hydrogen) atoms. The molecule has 0 saturated heterocycles. The van der Waals surface area contributed by atoms with Crippen molar-refractivity contribution in [1.29, 1.82) is 0 Å². The van der Waals surface area contributed by atoms with Crippen molar-refractivity contribution < 1.29 is 9.84 Å². The van der Waals surface area contributed by atoms with Crippen LogP contribution in [-0.2, 0) is 7.05 Å². The Kier molecular flexibility index (Phi) is 2.56. The van der Waals surface area contributed by atoms with Crippen LogP contribution in [0, 0.1) is 6.92 Å². The molecule has 0 amide bonds. The molecule has 2 rings (SSSR count). The van der Waals surface area contributed by atoms with Gasteiger partial charge in [-0.2, -0.15) is 5.10 Å². The van der Waals surface area contributed by atoms with Gasteiger partial charge in [0.25, 0.3) is 0 Å². The molecule has 1 N–H and O–H groups in total. The van der Waals surface area contributed by atoms with E-state index in [0.29, 0.717) is 5.69 Å². The maximum atomic E-state index is 9.88. The van der Waals surface area contributed by atoms with Gasteiger partial charge in [0.2, 0.25) is 0 Å². The fourth-order valence-electron chi connectivity index (χ4n) is 1.54. The van der Waals surface area contributed by atoms with Gasteiger partial charge >= 0.3 is 0 Å². The van der Waals surface area contributed by atoms with E-state index in [0.717, 1.165) is 17.0 Å². The van der Waals surface area contributed by atoms with Gasteiger partial charge in [0.1, 0.15) is 11.4 Å². The zero-order chi connectivity index (χ0) is 11.7. The van der Waals surface area contributed by atoms with E-state index in [1.807, 2.05) is 38.2 Å². The van der Waals surface area contributed by atoms with Crippen molar-refractivity contribution in [2.75, 3.05) is 7.11 Å². The molecule has 1 heterocycles. The summed E-state index contributed by atoms with van der Waals surface area (Å²) in [5.74, 6) is 1.02.